The van der Waals surface area contributed by atoms with Gasteiger partial charge in [0.2, 0.25) is 0 Å². The lowest BCUT2D eigenvalue weighted by atomic mass is 10.4. The van der Waals surface area contributed by atoms with E-state index in [1.807, 2.05) is 13.0 Å². The fraction of sp³-hybridized carbons (Fsp3) is 0.500. The van der Waals surface area contributed by atoms with Gasteiger partial charge in [-0.05, 0) is 17.9 Å². The lowest BCUT2D eigenvalue weighted by molar-refractivity contribution is 0.418. The van der Waals surface area contributed by atoms with Gasteiger partial charge in [-0.3, -0.25) is 0 Å². The zero-order chi connectivity index (χ0) is 12.0. The Labute approximate surface area is 100 Å². The van der Waals surface area contributed by atoms with Crippen molar-refractivity contribution in [1.29, 1.82) is 5.26 Å². The van der Waals surface area contributed by atoms with Crippen molar-refractivity contribution in [1.82, 2.24) is 4.31 Å². The van der Waals surface area contributed by atoms with Gasteiger partial charge >= 0.3 is 0 Å². The Bertz CT molecular complexity index is 446. The molecule has 1 heterocycles. The maximum atomic E-state index is 12.1. The fourth-order valence-corrected chi connectivity index (χ4v) is 3.99. The van der Waals surface area contributed by atoms with E-state index in [-0.39, 0.29) is 13.0 Å². The Kier molecular flexibility index (Phi) is 4.93. The van der Waals surface area contributed by atoms with Crippen LogP contribution in [0.2, 0.25) is 0 Å². The first-order valence-electron chi connectivity index (χ1n) is 5.03. The average molecular weight is 258 g/mol. The van der Waals surface area contributed by atoms with Crippen LogP contribution in [0.4, 0.5) is 0 Å². The highest BCUT2D eigenvalue weighted by Crippen LogP contribution is 2.21. The number of sulfonamides is 1. The topological polar surface area (TPSA) is 61.2 Å². The van der Waals surface area contributed by atoms with E-state index in [4.69, 9.17) is 5.26 Å². The SMILES string of the molecule is CCCN(CCC#N)S(=O)(=O)c1cccs1. The summed E-state index contributed by atoms with van der Waals surface area (Å²) < 4.78 is 26.0. The van der Waals surface area contributed by atoms with Gasteiger partial charge < -0.3 is 0 Å². The summed E-state index contributed by atoms with van der Waals surface area (Å²) in [6.45, 7) is 2.65. The van der Waals surface area contributed by atoms with Crippen molar-refractivity contribution in [2.75, 3.05) is 13.1 Å². The molecule has 16 heavy (non-hydrogen) atoms. The number of hydrogen-bond donors (Lipinski definition) is 0. The molecule has 1 aromatic rings. The van der Waals surface area contributed by atoms with Crippen LogP contribution in [0.25, 0.3) is 0 Å². The molecular formula is C10H14N2O2S2. The predicted molar refractivity (Wildman–Crippen MR) is 63.6 cm³/mol. The van der Waals surface area contributed by atoms with Crippen LogP contribution in [0, 0.1) is 11.3 Å². The third-order valence-corrected chi connectivity index (χ3v) is 5.31. The number of nitriles is 1. The molecule has 1 aromatic heterocycles. The highest BCUT2D eigenvalue weighted by atomic mass is 32.2. The van der Waals surface area contributed by atoms with Gasteiger partial charge in [-0.15, -0.1) is 11.3 Å². The van der Waals surface area contributed by atoms with Crippen molar-refractivity contribution in [2.24, 2.45) is 0 Å². The van der Waals surface area contributed by atoms with Gasteiger partial charge in [-0.25, -0.2) is 8.42 Å². The summed E-state index contributed by atoms with van der Waals surface area (Å²) in [6.07, 6.45) is 0.973. The maximum absolute atomic E-state index is 12.1. The third-order valence-electron chi connectivity index (χ3n) is 2.04. The zero-order valence-electron chi connectivity index (χ0n) is 9.09. The second-order valence-corrected chi connectivity index (χ2v) is 6.36. The van der Waals surface area contributed by atoms with Gasteiger partial charge in [0.05, 0.1) is 6.07 Å². The van der Waals surface area contributed by atoms with Crippen LogP contribution < -0.4 is 0 Å². The first-order valence-corrected chi connectivity index (χ1v) is 7.35. The number of nitrogens with zero attached hydrogens (tertiary/aromatic N) is 2. The van der Waals surface area contributed by atoms with Crippen LogP contribution in [-0.2, 0) is 10.0 Å². The van der Waals surface area contributed by atoms with Crippen LogP contribution in [0.1, 0.15) is 19.8 Å². The molecule has 0 saturated carbocycles. The van der Waals surface area contributed by atoms with E-state index in [1.165, 1.54) is 15.6 Å². The molecule has 0 aliphatic heterocycles. The summed E-state index contributed by atoms with van der Waals surface area (Å²) in [5.41, 5.74) is 0. The predicted octanol–water partition coefficient (Wildman–Crippen LogP) is 2.06. The molecule has 0 radical (unpaired) electrons. The Hall–Kier alpha value is -0.900. The minimum absolute atomic E-state index is 0.227. The molecule has 0 saturated heterocycles. The summed E-state index contributed by atoms with van der Waals surface area (Å²) in [7, 11) is -3.39. The number of rotatable bonds is 6. The molecule has 1 rings (SSSR count). The normalized spacial score (nSPS) is 11.6. The summed E-state index contributed by atoms with van der Waals surface area (Å²) >= 11 is 1.20. The quantitative estimate of drug-likeness (QED) is 0.784. The molecule has 0 amide bonds. The van der Waals surface area contributed by atoms with Crippen LogP contribution in [0.5, 0.6) is 0 Å². The highest BCUT2D eigenvalue weighted by Gasteiger charge is 2.23. The molecule has 0 bridgehead atoms. The Morgan fingerprint density at radius 1 is 1.50 bits per heavy atom. The molecule has 4 nitrogen and oxygen atoms in total. The monoisotopic (exact) mass is 258 g/mol. The lowest BCUT2D eigenvalue weighted by Gasteiger charge is -2.19. The minimum Gasteiger partial charge on any atom is -0.206 e. The molecule has 0 fully saturated rings. The van der Waals surface area contributed by atoms with Crippen LogP contribution >= 0.6 is 11.3 Å². The van der Waals surface area contributed by atoms with Gasteiger partial charge in [0.25, 0.3) is 10.0 Å². The van der Waals surface area contributed by atoms with E-state index >= 15 is 0 Å². The molecule has 6 heteroatoms. The summed E-state index contributed by atoms with van der Waals surface area (Å²) in [5, 5.41) is 10.2. The van der Waals surface area contributed by atoms with Crippen LogP contribution in [0.15, 0.2) is 21.7 Å². The van der Waals surface area contributed by atoms with Crippen molar-refractivity contribution >= 4 is 21.4 Å². The lowest BCUT2D eigenvalue weighted by Crippen LogP contribution is -2.32. The van der Waals surface area contributed by atoms with E-state index in [2.05, 4.69) is 0 Å². The summed E-state index contributed by atoms with van der Waals surface area (Å²) in [4.78, 5) is 0. The minimum atomic E-state index is -3.39. The highest BCUT2D eigenvalue weighted by molar-refractivity contribution is 7.91. The standard InChI is InChI=1S/C10H14N2O2S2/c1-2-7-12(8-4-6-11)16(13,14)10-5-3-9-15-10/h3,5,9H,2,4,7-8H2,1H3. The average Bonchev–Trinajstić information content (AvgIpc) is 2.77. The first kappa shape index (κ1) is 13.2. The molecule has 0 spiro atoms. The zero-order valence-corrected chi connectivity index (χ0v) is 10.7. The van der Waals surface area contributed by atoms with Crippen LogP contribution in [-0.4, -0.2) is 25.8 Å². The van der Waals surface area contributed by atoms with Crippen molar-refractivity contribution in [3.05, 3.63) is 17.5 Å². The molecule has 0 atom stereocenters. The Morgan fingerprint density at radius 3 is 2.75 bits per heavy atom. The maximum Gasteiger partial charge on any atom is 0.252 e. The van der Waals surface area contributed by atoms with Gasteiger partial charge in [-0.2, -0.15) is 9.57 Å². The Balaban J connectivity index is 2.89. The molecule has 88 valence electrons. The molecule has 0 aliphatic carbocycles. The van der Waals surface area contributed by atoms with Gasteiger partial charge in [0.15, 0.2) is 0 Å². The molecule has 0 N–H and O–H groups in total. The smallest absolute Gasteiger partial charge is 0.206 e. The number of hydrogen-bond acceptors (Lipinski definition) is 4. The van der Waals surface area contributed by atoms with Crippen molar-refractivity contribution < 1.29 is 8.42 Å². The second-order valence-electron chi connectivity index (χ2n) is 3.24. The first-order chi connectivity index (χ1) is 7.62. The third kappa shape index (κ3) is 3.04. The van der Waals surface area contributed by atoms with E-state index in [1.54, 1.807) is 17.5 Å². The molecule has 0 unspecified atom stereocenters. The fourth-order valence-electron chi connectivity index (χ4n) is 1.31. The largest absolute Gasteiger partial charge is 0.252 e. The van der Waals surface area contributed by atoms with Crippen molar-refractivity contribution in [2.45, 2.75) is 24.0 Å². The van der Waals surface area contributed by atoms with E-state index < -0.39 is 10.0 Å². The van der Waals surface area contributed by atoms with Crippen molar-refractivity contribution in [3.8, 4) is 6.07 Å². The van der Waals surface area contributed by atoms with Crippen LogP contribution in [0.3, 0.4) is 0 Å². The summed E-state index contributed by atoms with van der Waals surface area (Å²) in [6, 6.07) is 5.28. The molecule has 0 aromatic carbocycles. The van der Waals surface area contributed by atoms with E-state index in [9.17, 15) is 8.42 Å². The summed E-state index contributed by atoms with van der Waals surface area (Å²) in [5.74, 6) is 0. The second kappa shape index (κ2) is 5.99. The molecule has 0 aliphatic rings. The van der Waals surface area contributed by atoms with Gasteiger partial charge in [0, 0.05) is 19.5 Å². The van der Waals surface area contributed by atoms with E-state index in [0.717, 1.165) is 6.42 Å². The van der Waals surface area contributed by atoms with Crippen molar-refractivity contribution in [3.63, 3.8) is 0 Å². The van der Waals surface area contributed by atoms with Gasteiger partial charge in [0.1, 0.15) is 4.21 Å². The van der Waals surface area contributed by atoms with E-state index in [0.29, 0.717) is 10.8 Å². The Morgan fingerprint density at radius 2 is 2.25 bits per heavy atom. The number of thiophene rings is 1. The molecular weight excluding hydrogens is 244 g/mol. The van der Waals surface area contributed by atoms with Gasteiger partial charge in [-0.1, -0.05) is 13.0 Å².